The van der Waals surface area contributed by atoms with Crippen molar-refractivity contribution in [3.05, 3.63) is 58.6 Å². The molecule has 0 aliphatic carbocycles. The average molecular weight is 456 g/mol. The number of halogens is 1. The standard InChI is InChI=1S/C21H22BrN5O2/c22-16-6-3-5-15(13-16)20(29)23-14-19(28)26-9-4-10-27(12-11-26)21-24-17-7-1-2-8-18(17)25-21/h1-3,5-8,13H,4,9-12,14H2,(H,23,29)(H,24,25). The fourth-order valence-corrected chi connectivity index (χ4v) is 3.87. The van der Waals surface area contributed by atoms with Crippen LogP contribution in [0, 0.1) is 0 Å². The Labute approximate surface area is 177 Å². The number of benzene rings is 2. The molecule has 1 fully saturated rings. The lowest BCUT2D eigenvalue weighted by molar-refractivity contribution is -0.129. The zero-order valence-corrected chi connectivity index (χ0v) is 17.5. The minimum absolute atomic E-state index is 0.00398. The minimum Gasteiger partial charge on any atom is -0.343 e. The van der Waals surface area contributed by atoms with Crippen molar-refractivity contribution in [2.75, 3.05) is 37.6 Å². The van der Waals surface area contributed by atoms with Gasteiger partial charge in [-0.3, -0.25) is 9.59 Å². The van der Waals surface area contributed by atoms with E-state index in [2.05, 4.69) is 36.1 Å². The highest BCUT2D eigenvalue weighted by atomic mass is 79.9. The second-order valence-corrected chi connectivity index (χ2v) is 7.91. The number of imidazole rings is 1. The van der Waals surface area contributed by atoms with E-state index < -0.39 is 0 Å². The molecule has 2 N–H and O–H groups in total. The number of nitrogens with zero attached hydrogens (tertiary/aromatic N) is 3. The number of rotatable bonds is 4. The van der Waals surface area contributed by atoms with E-state index in [9.17, 15) is 9.59 Å². The first-order valence-corrected chi connectivity index (χ1v) is 10.4. The number of hydrogen-bond donors (Lipinski definition) is 2. The lowest BCUT2D eigenvalue weighted by Gasteiger charge is -2.22. The molecule has 2 amide bonds. The first-order valence-electron chi connectivity index (χ1n) is 9.61. The van der Waals surface area contributed by atoms with Crippen LogP contribution in [0.15, 0.2) is 53.0 Å². The molecule has 4 rings (SSSR count). The lowest BCUT2D eigenvalue weighted by atomic mass is 10.2. The first kappa shape index (κ1) is 19.4. The second-order valence-electron chi connectivity index (χ2n) is 6.99. The van der Waals surface area contributed by atoms with Crippen LogP contribution in [0.1, 0.15) is 16.8 Å². The van der Waals surface area contributed by atoms with Crippen molar-refractivity contribution in [1.29, 1.82) is 0 Å². The Hall–Kier alpha value is -2.87. The summed E-state index contributed by atoms with van der Waals surface area (Å²) in [5.41, 5.74) is 2.48. The summed E-state index contributed by atoms with van der Waals surface area (Å²) in [4.78, 5) is 36.8. The van der Waals surface area contributed by atoms with Gasteiger partial charge in [0, 0.05) is 36.2 Å². The molecule has 1 aliphatic rings. The fraction of sp³-hybridized carbons (Fsp3) is 0.286. The van der Waals surface area contributed by atoms with E-state index in [-0.39, 0.29) is 18.4 Å². The Balaban J connectivity index is 1.33. The molecule has 8 heteroatoms. The van der Waals surface area contributed by atoms with E-state index in [0.29, 0.717) is 25.2 Å². The Bertz CT molecular complexity index is 1000. The highest BCUT2D eigenvalue weighted by Gasteiger charge is 2.21. The van der Waals surface area contributed by atoms with Gasteiger partial charge in [0.15, 0.2) is 0 Å². The summed E-state index contributed by atoms with van der Waals surface area (Å²) in [5.74, 6) is 0.515. The molecule has 0 unspecified atom stereocenters. The largest absolute Gasteiger partial charge is 0.343 e. The Morgan fingerprint density at radius 3 is 2.76 bits per heavy atom. The molecular weight excluding hydrogens is 434 g/mol. The predicted molar refractivity (Wildman–Crippen MR) is 116 cm³/mol. The summed E-state index contributed by atoms with van der Waals surface area (Å²) in [6, 6.07) is 15.0. The van der Waals surface area contributed by atoms with Gasteiger partial charge in [0.2, 0.25) is 11.9 Å². The molecule has 7 nitrogen and oxygen atoms in total. The second kappa shape index (κ2) is 8.65. The van der Waals surface area contributed by atoms with Crippen molar-refractivity contribution in [3.8, 4) is 0 Å². The predicted octanol–water partition coefficient (Wildman–Crippen LogP) is 2.79. The highest BCUT2D eigenvalue weighted by Crippen LogP contribution is 2.18. The van der Waals surface area contributed by atoms with Crippen LogP contribution in [0.5, 0.6) is 0 Å². The van der Waals surface area contributed by atoms with E-state index >= 15 is 0 Å². The molecule has 0 radical (unpaired) electrons. The molecule has 1 aliphatic heterocycles. The number of hydrogen-bond acceptors (Lipinski definition) is 4. The van der Waals surface area contributed by atoms with E-state index in [0.717, 1.165) is 34.4 Å². The molecule has 0 saturated carbocycles. The van der Waals surface area contributed by atoms with Gasteiger partial charge in [0.25, 0.3) is 5.91 Å². The summed E-state index contributed by atoms with van der Waals surface area (Å²) >= 11 is 3.35. The SMILES string of the molecule is O=C(NCC(=O)N1CCCN(c2nc3ccccc3[nH]2)CC1)c1cccc(Br)c1. The maximum Gasteiger partial charge on any atom is 0.251 e. The highest BCUT2D eigenvalue weighted by molar-refractivity contribution is 9.10. The topological polar surface area (TPSA) is 81.3 Å². The van der Waals surface area contributed by atoms with Gasteiger partial charge in [0.05, 0.1) is 17.6 Å². The molecule has 2 aromatic carbocycles. The molecular formula is C21H22BrN5O2. The number of amides is 2. The van der Waals surface area contributed by atoms with Crippen LogP contribution in [0.2, 0.25) is 0 Å². The molecule has 3 aromatic rings. The van der Waals surface area contributed by atoms with Crippen molar-refractivity contribution < 1.29 is 9.59 Å². The summed E-state index contributed by atoms with van der Waals surface area (Å²) in [6.45, 7) is 2.79. The monoisotopic (exact) mass is 455 g/mol. The summed E-state index contributed by atoms with van der Waals surface area (Å²) in [7, 11) is 0. The Morgan fingerprint density at radius 2 is 1.93 bits per heavy atom. The third-order valence-electron chi connectivity index (χ3n) is 5.01. The number of H-pyrrole nitrogens is 1. The molecule has 1 saturated heterocycles. The number of aromatic nitrogens is 2. The number of anilines is 1. The van der Waals surface area contributed by atoms with Crippen LogP contribution < -0.4 is 10.2 Å². The summed E-state index contributed by atoms with van der Waals surface area (Å²) in [5, 5.41) is 2.72. The van der Waals surface area contributed by atoms with Crippen LogP contribution in [-0.2, 0) is 4.79 Å². The maximum absolute atomic E-state index is 12.6. The zero-order chi connectivity index (χ0) is 20.2. The average Bonchev–Trinajstić information content (AvgIpc) is 3.01. The van der Waals surface area contributed by atoms with Gasteiger partial charge in [-0.2, -0.15) is 0 Å². The molecule has 0 atom stereocenters. The lowest BCUT2D eigenvalue weighted by Crippen LogP contribution is -2.42. The van der Waals surface area contributed by atoms with Gasteiger partial charge in [-0.25, -0.2) is 4.98 Å². The van der Waals surface area contributed by atoms with Crippen molar-refractivity contribution in [2.24, 2.45) is 0 Å². The van der Waals surface area contributed by atoms with Crippen LogP contribution in [-0.4, -0.2) is 59.4 Å². The van der Waals surface area contributed by atoms with Gasteiger partial charge < -0.3 is 20.1 Å². The Kier molecular flexibility index (Phi) is 5.80. The fourth-order valence-electron chi connectivity index (χ4n) is 3.47. The number of nitrogens with one attached hydrogen (secondary N) is 2. The van der Waals surface area contributed by atoms with Crippen LogP contribution >= 0.6 is 15.9 Å². The third-order valence-corrected chi connectivity index (χ3v) is 5.51. The van der Waals surface area contributed by atoms with E-state index in [1.54, 1.807) is 18.2 Å². The third kappa shape index (κ3) is 4.59. The van der Waals surface area contributed by atoms with Gasteiger partial charge in [-0.1, -0.05) is 34.1 Å². The van der Waals surface area contributed by atoms with Gasteiger partial charge in [-0.05, 0) is 36.8 Å². The molecule has 2 heterocycles. The van der Waals surface area contributed by atoms with Crippen molar-refractivity contribution >= 4 is 44.7 Å². The van der Waals surface area contributed by atoms with Gasteiger partial charge in [0.1, 0.15) is 0 Å². The van der Waals surface area contributed by atoms with Crippen molar-refractivity contribution in [3.63, 3.8) is 0 Å². The number of aromatic amines is 1. The van der Waals surface area contributed by atoms with E-state index in [1.807, 2.05) is 35.2 Å². The zero-order valence-electron chi connectivity index (χ0n) is 15.9. The molecule has 29 heavy (non-hydrogen) atoms. The van der Waals surface area contributed by atoms with Crippen molar-refractivity contribution in [2.45, 2.75) is 6.42 Å². The minimum atomic E-state index is -0.252. The molecule has 0 spiro atoms. The Morgan fingerprint density at radius 1 is 1.07 bits per heavy atom. The summed E-state index contributed by atoms with van der Waals surface area (Å²) < 4.78 is 0.828. The van der Waals surface area contributed by atoms with Crippen molar-refractivity contribution in [1.82, 2.24) is 20.2 Å². The maximum atomic E-state index is 12.6. The molecule has 1 aromatic heterocycles. The van der Waals surface area contributed by atoms with Gasteiger partial charge >= 0.3 is 0 Å². The number of carbonyl (C=O) groups excluding carboxylic acids is 2. The first-order chi connectivity index (χ1) is 14.1. The summed E-state index contributed by atoms with van der Waals surface area (Å²) in [6.07, 6.45) is 0.850. The van der Waals surface area contributed by atoms with Gasteiger partial charge in [-0.15, -0.1) is 0 Å². The number of carbonyl (C=O) groups is 2. The normalized spacial score (nSPS) is 14.7. The van der Waals surface area contributed by atoms with E-state index in [1.165, 1.54) is 0 Å². The molecule has 0 bridgehead atoms. The van der Waals surface area contributed by atoms with E-state index in [4.69, 9.17) is 0 Å². The van der Waals surface area contributed by atoms with Crippen LogP contribution in [0.25, 0.3) is 11.0 Å². The number of para-hydroxylation sites is 2. The van der Waals surface area contributed by atoms with Crippen LogP contribution in [0.3, 0.4) is 0 Å². The number of fused-ring (bicyclic) bond motifs is 1. The smallest absolute Gasteiger partial charge is 0.251 e. The van der Waals surface area contributed by atoms with Crippen LogP contribution in [0.4, 0.5) is 5.95 Å². The quantitative estimate of drug-likeness (QED) is 0.633. The molecule has 150 valence electrons.